The second-order valence-corrected chi connectivity index (χ2v) is 4.14. The molecule has 0 spiro atoms. The van der Waals surface area contributed by atoms with Crippen molar-refractivity contribution >= 4 is 0 Å². The van der Waals surface area contributed by atoms with Gasteiger partial charge in [0.25, 0.3) is 0 Å². The Hall–Kier alpha value is -0.890. The summed E-state index contributed by atoms with van der Waals surface area (Å²) < 4.78 is 13.6. The summed E-state index contributed by atoms with van der Waals surface area (Å²) in [7, 11) is 0. The standard InChI is InChI=1S/C12H16FN/c1-8(14)10-6-9-4-2-3-5-11(9)12(13)7-10/h6-8H,2-5,14H2,1H3/t8-/m1/s1. The number of benzene rings is 1. The van der Waals surface area contributed by atoms with Crippen LogP contribution in [0.4, 0.5) is 4.39 Å². The number of nitrogens with two attached hydrogens (primary N) is 1. The molecule has 76 valence electrons. The highest BCUT2D eigenvalue weighted by Gasteiger charge is 2.15. The van der Waals surface area contributed by atoms with Crippen LogP contribution < -0.4 is 5.73 Å². The molecular weight excluding hydrogens is 177 g/mol. The van der Waals surface area contributed by atoms with Gasteiger partial charge in [-0.25, -0.2) is 4.39 Å². The van der Waals surface area contributed by atoms with Crippen LogP contribution in [0.25, 0.3) is 0 Å². The summed E-state index contributed by atoms with van der Waals surface area (Å²) in [6.07, 6.45) is 4.18. The number of hydrogen-bond acceptors (Lipinski definition) is 1. The van der Waals surface area contributed by atoms with Crippen LogP contribution >= 0.6 is 0 Å². The molecule has 1 atom stereocenters. The molecule has 14 heavy (non-hydrogen) atoms. The molecule has 0 amide bonds. The van der Waals surface area contributed by atoms with Crippen molar-refractivity contribution in [2.24, 2.45) is 5.73 Å². The highest BCUT2D eigenvalue weighted by molar-refractivity contribution is 5.36. The van der Waals surface area contributed by atoms with Gasteiger partial charge in [-0.1, -0.05) is 6.07 Å². The van der Waals surface area contributed by atoms with Crippen molar-refractivity contribution in [2.45, 2.75) is 38.6 Å². The van der Waals surface area contributed by atoms with Crippen LogP contribution in [0.5, 0.6) is 0 Å². The van der Waals surface area contributed by atoms with Crippen LogP contribution in [0.15, 0.2) is 12.1 Å². The van der Waals surface area contributed by atoms with Crippen molar-refractivity contribution in [3.05, 3.63) is 34.6 Å². The average molecular weight is 193 g/mol. The lowest BCUT2D eigenvalue weighted by molar-refractivity contribution is 0.573. The number of hydrogen-bond donors (Lipinski definition) is 1. The van der Waals surface area contributed by atoms with E-state index in [9.17, 15) is 4.39 Å². The number of aryl methyl sites for hydroxylation is 1. The molecule has 2 N–H and O–H groups in total. The maximum atomic E-state index is 13.6. The molecular formula is C12H16FN. The van der Waals surface area contributed by atoms with Gasteiger partial charge < -0.3 is 5.73 Å². The monoisotopic (exact) mass is 193 g/mol. The van der Waals surface area contributed by atoms with E-state index in [1.807, 2.05) is 6.92 Å². The fourth-order valence-electron chi connectivity index (χ4n) is 2.10. The van der Waals surface area contributed by atoms with E-state index in [-0.39, 0.29) is 11.9 Å². The zero-order chi connectivity index (χ0) is 10.1. The summed E-state index contributed by atoms with van der Waals surface area (Å²) in [6, 6.07) is 3.59. The Morgan fingerprint density at radius 2 is 2.00 bits per heavy atom. The largest absolute Gasteiger partial charge is 0.324 e. The highest BCUT2D eigenvalue weighted by atomic mass is 19.1. The minimum absolute atomic E-state index is 0.0606. The molecule has 0 heterocycles. The Kier molecular flexibility index (Phi) is 2.55. The average Bonchev–Trinajstić information content (AvgIpc) is 2.17. The van der Waals surface area contributed by atoms with Gasteiger partial charge in [-0.05, 0) is 55.4 Å². The predicted octanol–water partition coefficient (Wildman–Crippen LogP) is 2.72. The van der Waals surface area contributed by atoms with E-state index >= 15 is 0 Å². The Bertz CT molecular complexity index is 344. The van der Waals surface area contributed by atoms with Gasteiger partial charge in [0.15, 0.2) is 0 Å². The molecule has 1 aromatic carbocycles. The van der Waals surface area contributed by atoms with Crippen molar-refractivity contribution in [1.82, 2.24) is 0 Å². The zero-order valence-electron chi connectivity index (χ0n) is 8.52. The SMILES string of the molecule is C[C@@H](N)c1cc(F)c2c(c1)CCCC2. The Balaban J connectivity index is 2.46. The first-order chi connectivity index (χ1) is 6.68. The molecule has 0 radical (unpaired) electrons. The summed E-state index contributed by atoms with van der Waals surface area (Å²) >= 11 is 0. The van der Waals surface area contributed by atoms with Crippen molar-refractivity contribution in [2.75, 3.05) is 0 Å². The fourth-order valence-corrected chi connectivity index (χ4v) is 2.10. The minimum atomic E-state index is -0.0725. The van der Waals surface area contributed by atoms with E-state index in [1.165, 1.54) is 12.0 Å². The topological polar surface area (TPSA) is 26.0 Å². The van der Waals surface area contributed by atoms with Gasteiger partial charge in [-0.2, -0.15) is 0 Å². The molecule has 0 fully saturated rings. The van der Waals surface area contributed by atoms with E-state index in [0.29, 0.717) is 0 Å². The van der Waals surface area contributed by atoms with E-state index in [0.717, 1.165) is 30.4 Å². The Morgan fingerprint density at radius 3 is 2.71 bits per heavy atom. The molecule has 0 saturated carbocycles. The first kappa shape index (κ1) is 9.66. The lowest BCUT2D eigenvalue weighted by Gasteiger charge is -2.18. The van der Waals surface area contributed by atoms with Gasteiger partial charge >= 0.3 is 0 Å². The second kappa shape index (κ2) is 3.70. The second-order valence-electron chi connectivity index (χ2n) is 4.14. The third-order valence-electron chi connectivity index (χ3n) is 2.96. The molecule has 2 rings (SSSR count). The molecule has 0 saturated heterocycles. The van der Waals surface area contributed by atoms with Gasteiger partial charge in [0.1, 0.15) is 5.82 Å². The van der Waals surface area contributed by atoms with Gasteiger partial charge in [0.05, 0.1) is 0 Å². The van der Waals surface area contributed by atoms with E-state index in [1.54, 1.807) is 6.07 Å². The third-order valence-corrected chi connectivity index (χ3v) is 2.96. The van der Waals surface area contributed by atoms with Crippen molar-refractivity contribution in [3.8, 4) is 0 Å². The van der Waals surface area contributed by atoms with Crippen molar-refractivity contribution in [3.63, 3.8) is 0 Å². The van der Waals surface area contributed by atoms with Gasteiger partial charge in [0.2, 0.25) is 0 Å². The van der Waals surface area contributed by atoms with Crippen molar-refractivity contribution in [1.29, 1.82) is 0 Å². The normalized spacial score (nSPS) is 17.6. The predicted molar refractivity (Wildman–Crippen MR) is 55.6 cm³/mol. The molecule has 0 unspecified atom stereocenters. The summed E-state index contributed by atoms with van der Waals surface area (Å²) in [4.78, 5) is 0. The quantitative estimate of drug-likeness (QED) is 0.729. The molecule has 2 heteroatoms. The minimum Gasteiger partial charge on any atom is -0.324 e. The first-order valence-corrected chi connectivity index (χ1v) is 5.25. The summed E-state index contributed by atoms with van der Waals surface area (Å²) in [5, 5.41) is 0. The van der Waals surface area contributed by atoms with Crippen LogP contribution in [0.3, 0.4) is 0 Å². The zero-order valence-corrected chi connectivity index (χ0v) is 8.52. The van der Waals surface area contributed by atoms with Crippen LogP contribution in [0.2, 0.25) is 0 Å². The van der Waals surface area contributed by atoms with Gasteiger partial charge in [-0.15, -0.1) is 0 Å². The van der Waals surface area contributed by atoms with Crippen molar-refractivity contribution < 1.29 is 4.39 Å². The number of fused-ring (bicyclic) bond motifs is 1. The molecule has 0 aliphatic heterocycles. The fraction of sp³-hybridized carbons (Fsp3) is 0.500. The number of halogens is 1. The maximum absolute atomic E-state index is 13.6. The molecule has 0 aromatic heterocycles. The Morgan fingerprint density at radius 1 is 1.29 bits per heavy atom. The lowest BCUT2D eigenvalue weighted by atomic mass is 9.89. The maximum Gasteiger partial charge on any atom is 0.127 e. The lowest BCUT2D eigenvalue weighted by Crippen LogP contribution is -2.11. The molecule has 1 aliphatic carbocycles. The molecule has 1 nitrogen and oxygen atoms in total. The summed E-state index contributed by atoms with van der Waals surface area (Å²) in [5.74, 6) is -0.0606. The van der Waals surface area contributed by atoms with Crippen LogP contribution in [-0.2, 0) is 12.8 Å². The summed E-state index contributed by atoms with van der Waals surface area (Å²) in [6.45, 7) is 1.89. The van der Waals surface area contributed by atoms with Crippen LogP contribution in [-0.4, -0.2) is 0 Å². The molecule has 1 aromatic rings. The van der Waals surface area contributed by atoms with Gasteiger partial charge in [0, 0.05) is 6.04 Å². The Labute approximate surface area is 84.1 Å². The third kappa shape index (κ3) is 1.67. The summed E-state index contributed by atoms with van der Waals surface area (Å²) in [5.41, 5.74) is 8.76. The molecule has 0 bridgehead atoms. The smallest absolute Gasteiger partial charge is 0.127 e. The van der Waals surface area contributed by atoms with E-state index in [4.69, 9.17) is 5.73 Å². The molecule has 1 aliphatic rings. The van der Waals surface area contributed by atoms with Crippen LogP contribution in [0, 0.1) is 5.82 Å². The number of rotatable bonds is 1. The van der Waals surface area contributed by atoms with Crippen LogP contribution in [0.1, 0.15) is 42.5 Å². The van der Waals surface area contributed by atoms with E-state index < -0.39 is 0 Å². The van der Waals surface area contributed by atoms with E-state index in [2.05, 4.69) is 6.07 Å². The van der Waals surface area contributed by atoms with Gasteiger partial charge in [-0.3, -0.25) is 0 Å². The highest BCUT2D eigenvalue weighted by Crippen LogP contribution is 2.26. The first-order valence-electron chi connectivity index (χ1n) is 5.25.